The SMILES string of the molecule is C=CCn1c(COc2ccc(C)c(C)c2)nnc1SCC(=O)Nc1scc(-c2ccc(C)cc2)c1C(=O)OC. The first-order valence-electron chi connectivity index (χ1n) is 12.2. The van der Waals surface area contributed by atoms with Crippen molar-refractivity contribution < 1.29 is 19.1 Å². The molecule has 0 fully saturated rings. The number of carbonyl (C=O) groups is 2. The molecule has 0 aliphatic heterocycles. The van der Waals surface area contributed by atoms with Crippen LogP contribution in [-0.2, 0) is 22.7 Å². The fourth-order valence-electron chi connectivity index (χ4n) is 3.79. The molecule has 4 aromatic rings. The summed E-state index contributed by atoms with van der Waals surface area (Å²) >= 11 is 2.53. The van der Waals surface area contributed by atoms with Crippen LogP contribution in [0.2, 0.25) is 0 Å². The lowest BCUT2D eigenvalue weighted by molar-refractivity contribution is -0.113. The number of allylic oxidation sites excluding steroid dienone is 1. The second-order valence-electron chi connectivity index (χ2n) is 8.88. The molecular formula is C29H30N4O4S2. The number of amides is 1. The van der Waals surface area contributed by atoms with E-state index < -0.39 is 5.97 Å². The van der Waals surface area contributed by atoms with E-state index in [2.05, 4.69) is 29.0 Å². The van der Waals surface area contributed by atoms with Gasteiger partial charge in [0.25, 0.3) is 0 Å². The number of hydrogen-bond acceptors (Lipinski definition) is 8. The quantitative estimate of drug-likeness (QED) is 0.132. The summed E-state index contributed by atoms with van der Waals surface area (Å²) < 4.78 is 12.8. The summed E-state index contributed by atoms with van der Waals surface area (Å²) in [6.07, 6.45) is 1.74. The number of hydrogen-bond donors (Lipinski definition) is 1. The first kappa shape index (κ1) is 28.1. The number of thioether (sulfide) groups is 1. The molecule has 0 aliphatic rings. The second-order valence-corrected chi connectivity index (χ2v) is 10.7. The first-order valence-corrected chi connectivity index (χ1v) is 14.1. The number of benzene rings is 2. The summed E-state index contributed by atoms with van der Waals surface area (Å²) in [5.74, 6) is 0.677. The Hall–Kier alpha value is -3.89. The van der Waals surface area contributed by atoms with Gasteiger partial charge in [-0.15, -0.1) is 28.1 Å². The van der Waals surface area contributed by atoms with Gasteiger partial charge in [0.1, 0.15) is 22.9 Å². The largest absolute Gasteiger partial charge is 0.486 e. The van der Waals surface area contributed by atoms with Gasteiger partial charge in [0, 0.05) is 17.5 Å². The predicted octanol–water partition coefficient (Wildman–Crippen LogP) is 6.21. The molecule has 4 rings (SSSR count). The van der Waals surface area contributed by atoms with Crippen LogP contribution in [0.3, 0.4) is 0 Å². The van der Waals surface area contributed by atoms with Crippen molar-refractivity contribution in [1.82, 2.24) is 14.8 Å². The molecule has 39 heavy (non-hydrogen) atoms. The number of aromatic nitrogens is 3. The molecule has 10 heteroatoms. The third-order valence-corrected chi connectivity index (χ3v) is 7.94. The number of carbonyl (C=O) groups excluding carboxylic acids is 2. The third-order valence-electron chi connectivity index (χ3n) is 6.08. The molecular weight excluding hydrogens is 532 g/mol. The summed E-state index contributed by atoms with van der Waals surface area (Å²) in [7, 11) is 1.33. The fraction of sp³-hybridized carbons (Fsp3) is 0.241. The highest BCUT2D eigenvalue weighted by Crippen LogP contribution is 2.36. The molecule has 0 radical (unpaired) electrons. The van der Waals surface area contributed by atoms with Gasteiger partial charge in [0.2, 0.25) is 5.91 Å². The number of rotatable bonds is 11. The van der Waals surface area contributed by atoms with Crippen LogP contribution in [0.4, 0.5) is 5.00 Å². The van der Waals surface area contributed by atoms with Crippen LogP contribution >= 0.6 is 23.1 Å². The number of nitrogens with zero attached hydrogens (tertiary/aromatic N) is 3. The van der Waals surface area contributed by atoms with Gasteiger partial charge in [0.05, 0.1) is 12.9 Å². The van der Waals surface area contributed by atoms with Gasteiger partial charge in [-0.1, -0.05) is 53.7 Å². The number of aryl methyl sites for hydroxylation is 3. The maximum atomic E-state index is 12.9. The lowest BCUT2D eigenvalue weighted by atomic mass is 10.0. The predicted molar refractivity (Wildman–Crippen MR) is 156 cm³/mol. The highest BCUT2D eigenvalue weighted by Gasteiger charge is 2.23. The molecule has 2 aromatic heterocycles. The van der Waals surface area contributed by atoms with E-state index in [0.717, 1.165) is 22.4 Å². The highest BCUT2D eigenvalue weighted by molar-refractivity contribution is 7.99. The van der Waals surface area contributed by atoms with Crippen molar-refractivity contribution in [3.63, 3.8) is 0 Å². The minimum absolute atomic E-state index is 0.0751. The van der Waals surface area contributed by atoms with Crippen molar-refractivity contribution in [1.29, 1.82) is 0 Å². The summed E-state index contributed by atoms with van der Waals surface area (Å²) in [5, 5.41) is 14.3. The van der Waals surface area contributed by atoms with E-state index in [1.807, 2.05) is 66.3 Å². The third kappa shape index (κ3) is 6.76. The monoisotopic (exact) mass is 562 g/mol. The number of methoxy groups -OCH3 is 1. The Morgan fingerprint density at radius 2 is 1.87 bits per heavy atom. The number of thiophene rings is 1. The molecule has 1 amide bonds. The lowest BCUT2D eigenvalue weighted by Crippen LogP contribution is -2.16. The molecule has 0 saturated carbocycles. The zero-order valence-corrected chi connectivity index (χ0v) is 23.9. The molecule has 8 nitrogen and oxygen atoms in total. The Bertz CT molecular complexity index is 1490. The fourth-order valence-corrected chi connectivity index (χ4v) is 5.53. The van der Waals surface area contributed by atoms with Gasteiger partial charge in [-0.05, 0) is 49.6 Å². The second kappa shape index (κ2) is 12.8. The Balaban J connectivity index is 1.44. The van der Waals surface area contributed by atoms with Crippen molar-refractivity contribution in [3.8, 4) is 16.9 Å². The normalized spacial score (nSPS) is 10.8. The maximum absolute atomic E-state index is 12.9. The Morgan fingerprint density at radius 3 is 2.56 bits per heavy atom. The topological polar surface area (TPSA) is 95.3 Å². The van der Waals surface area contributed by atoms with Crippen LogP contribution in [0.5, 0.6) is 5.75 Å². The smallest absolute Gasteiger partial charge is 0.341 e. The van der Waals surface area contributed by atoms with Crippen molar-refractivity contribution in [2.75, 3.05) is 18.2 Å². The zero-order chi connectivity index (χ0) is 27.9. The van der Waals surface area contributed by atoms with Crippen LogP contribution in [0.15, 0.2) is 65.7 Å². The number of anilines is 1. The van der Waals surface area contributed by atoms with Gasteiger partial charge in [0.15, 0.2) is 11.0 Å². The number of nitrogens with one attached hydrogen (secondary N) is 1. The van der Waals surface area contributed by atoms with E-state index in [9.17, 15) is 9.59 Å². The van der Waals surface area contributed by atoms with Crippen molar-refractivity contribution >= 4 is 40.0 Å². The van der Waals surface area contributed by atoms with Crippen LogP contribution in [0.25, 0.3) is 11.1 Å². The molecule has 202 valence electrons. The molecule has 0 unspecified atom stereocenters. The molecule has 0 saturated heterocycles. The molecule has 0 spiro atoms. The van der Waals surface area contributed by atoms with Crippen LogP contribution < -0.4 is 10.1 Å². The van der Waals surface area contributed by atoms with Crippen molar-refractivity contribution in [2.45, 2.75) is 39.1 Å². The minimum atomic E-state index is -0.506. The lowest BCUT2D eigenvalue weighted by Gasteiger charge is -2.10. The summed E-state index contributed by atoms with van der Waals surface area (Å²) in [5.41, 5.74) is 5.39. The molecule has 0 atom stereocenters. The van der Waals surface area contributed by atoms with E-state index in [1.165, 1.54) is 35.8 Å². The minimum Gasteiger partial charge on any atom is -0.486 e. The summed E-state index contributed by atoms with van der Waals surface area (Å²) in [6.45, 7) is 10.6. The van der Waals surface area contributed by atoms with E-state index in [0.29, 0.717) is 33.7 Å². The molecule has 2 heterocycles. The average Bonchev–Trinajstić information content (AvgIpc) is 3.52. The van der Waals surface area contributed by atoms with Crippen molar-refractivity contribution in [3.05, 3.63) is 88.6 Å². The van der Waals surface area contributed by atoms with Crippen LogP contribution in [0.1, 0.15) is 32.9 Å². The average molecular weight is 563 g/mol. The zero-order valence-electron chi connectivity index (χ0n) is 22.3. The van der Waals surface area contributed by atoms with Crippen LogP contribution in [0, 0.1) is 20.8 Å². The number of ether oxygens (including phenoxy) is 2. The highest BCUT2D eigenvalue weighted by atomic mass is 32.2. The Morgan fingerprint density at radius 1 is 1.10 bits per heavy atom. The van der Waals surface area contributed by atoms with Gasteiger partial charge in [-0.3, -0.25) is 9.36 Å². The van der Waals surface area contributed by atoms with E-state index in [-0.39, 0.29) is 18.3 Å². The van der Waals surface area contributed by atoms with Gasteiger partial charge < -0.3 is 14.8 Å². The van der Waals surface area contributed by atoms with Crippen molar-refractivity contribution in [2.24, 2.45) is 0 Å². The Kier molecular flexibility index (Phi) is 9.21. The van der Waals surface area contributed by atoms with E-state index in [1.54, 1.807) is 6.08 Å². The first-order chi connectivity index (χ1) is 18.8. The number of esters is 1. The summed E-state index contributed by atoms with van der Waals surface area (Å²) in [6, 6.07) is 13.8. The van der Waals surface area contributed by atoms with Gasteiger partial charge in [-0.2, -0.15) is 0 Å². The molecule has 1 N–H and O–H groups in total. The molecule has 0 aliphatic carbocycles. The van der Waals surface area contributed by atoms with Gasteiger partial charge in [-0.25, -0.2) is 4.79 Å². The van der Waals surface area contributed by atoms with E-state index >= 15 is 0 Å². The Labute approximate surface area is 236 Å². The van der Waals surface area contributed by atoms with Gasteiger partial charge >= 0.3 is 5.97 Å². The maximum Gasteiger partial charge on any atom is 0.341 e. The van der Waals surface area contributed by atoms with Crippen LogP contribution in [-0.4, -0.2) is 39.5 Å². The van der Waals surface area contributed by atoms with E-state index in [4.69, 9.17) is 9.47 Å². The molecule has 2 aromatic carbocycles. The molecule has 0 bridgehead atoms. The standard InChI is InChI=1S/C29H30N4O4S2/c1-6-13-33-24(15-37-22-12-9-19(3)20(4)14-22)31-32-29(33)39-17-25(34)30-27-26(28(35)36-5)23(16-38-27)21-10-7-18(2)8-11-21/h6-12,14,16H,1,13,15,17H2,2-5H3,(H,30,34). The summed E-state index contributed by atoms with van der Waals surface area (Å²) in [4.78, 5) is 25.5.